The van der Waals surface area contributed by atoms with Gasteiger partial charge in [0.05, 0.1) is 17.5 Å². The van der Waals surface area contributed by atoms with Crippen molar-refractivity contribution >= 4 is 11.6 Å². The molecule has 6 nitrogen and oxygen atoms in total. The average molecular weight is 266 g/mol. The van der Waals surface area contributed by atoms with Crippen LogP contribution in [-0.4, -0.2) is 33.4 Å². The zero-order valence-electron chi connectivity index (χ0n) is 11.7. The van der Waals surface area contributed by atoms with Gasteiger partial charge in [-0.15, -0.1) is 0 Å². The number of nitrogens with two attached hydrogens (primary N) is 1. The molecule has 0 bridgehead atoms. The second-order valence-corrected chi connectivity index (χ2v) is 5.81. The van der Waals surface area contributed by atoms with Crippen molar-refractivity contribution in [1.29, 1.82) is 0 Å². The highest BCUT2D eigenvalue weighted by molar-refractivity contribution is 5.97. The van der Waals surface area contributed by atoms with E-state index in [9.17, 15) is 9.90 Å². The summed E-state index contributed by atoms with van der Waals surface area (Å²) in [5.74, 6) is -0.277. The van der Waals surface area contributed by atoms with Crippen molar-refractivity contribution in [2.75, 3.05) is 5.73 Å². The zero-order valence-corrected chi connectivity index (χ0v) is 11.7. The summed E-state index contributed by atoms with van der Waals surface area (Å²) in [4.78, 5) is 12.1. The molecule has 5 N–H and O–H groups in total. The highest BCUT2D eigenvalue weighted by Gasteiger charge is 2.48. The van der Waals surface area contributed by atoms with Crippen molar-refractivity contribution in [2.24, 2.45) is 5.41 Å². The molecule has 19 heavy (non-hydrogen) atoms. The van der Waals surface area contributed by atoms with Crippen LogP contribution in [0.15, 0.2) is 0 Å². The van der Waals surface area contributed by atoms with Gasteiger partial charge in [-0.25, -0.2) is 0 Å². The fourth-order valence-corrected chi connectivity index (χ4v) is 2.37. The van der Waals surface area contributed by atoms with Crippen molar-refractivity contribution < 1.29 is 9.90 Å². The topological polar surface area (TPSA) is 104 Å². The predicted octanol–water partition coefficient (Wildman–Crippen LogP) is 0.834. The van der Waals surface area contributed by atoms with Crippen molar-refractivity contribution in [3.8, 4) is 0 Å². The number of rotatable bonds is 4. The minimum atomic E-state index is -0.370. The van der Waals surface area contributed by atoms with Crippen molar-refractivity contribution in [3.63, 3.8) is 0 Å². The number of carbonyl (C=O) groups excluding carboxylic acids is 1. The summed E-state index contributed by atoms with van der Waals surface area (Å²) in [5, 5.41) is 19.3. The Morgan fingerprint density at radius 2 is 2.32 bits per heavy atom. The van der Waals surface area contributed by atoms with Crippen LogP contribution in [0.2, 0.25) is 0 Å². The summed E-state index contributed by atoms with van der Waals surface area (Å²) >= 11 is 0. The number of hydrogen-bond donors (Lipinski definition) is 4. The summed E-state index contributed by atoms with van der Waals surface area (Å²) < 4.78 is 0. The van der Waals surface area contributed by atoms with Crippen LogP contribution in [-0.2, 0) is 6.42 Å². The molecule has 1 aromatic rings. The highest BCUT2D eigenvalue weighted by atomic mass is 16.3. The Morgan fingerprint density at radius 1 is 1.63 bits per heavy atom. The molecule has 106 valence electrons. The van der Waals surface area contributed by atoms with Gasteiger partial charge in [0.1, 0.15) is 0 Å². The first-order chi connectivity index (χ1) is 8.87. The molecular formula is C13H22N4O2. The van der Waals surface area contributed by atoms with E-state index in [1.165, 1.54) is 0 Å². The van der Waals surface area contributed by atoms with E-state index in [0.29, 0.717) is 12.1 Å². The number of hydrogen-bond acceptors (Lipinski definition) is 4. The standard InChI is InChI=1S/C13H22N4O2/c1-4-5-7-10(14)11(17-16-7)12(19)15-8-6-9(18)13(8,2)3/h8-9,18H,4-6,14H2,1-3H3,(H,15,19)(H,16,17). The molecule has 6 heteroatoms. The average Bonchev–Trinajstić information content (AvgIpc) is 2.71. The third kappa shape index (κ3) is 2.32. The second-order valence-electron chi connectivity index (χ2n) is 5.81. The summed E-state index contributed by atoms with van der Waals surface area (Å²) in [6, 6.07) is -0.0410. The summed E-state index contributed by atoms with van der Waals surface area (Å²) in [5.41, 5.74) is 7.10. The van der Waals surface area contributed by atoms with Gasteiger partial charge in [-0.1, -0.05) is 27.2 Å². The monoisotopic (exact) mass is 266 g/mol. The quantitative estimate of drug-likeness (QED) is 0.648. The van der Waals surface area contributed by atoms with Gasteiger partial charge in [0.25, 0.3) is 5.91 Å². The number of aliphatic hydroxyl groups excluding tert-OH is 1. The fourth-order valence-electron chi connectivity index (χ4n) is 2.37. The molecule has 1 aromatic heterocycles. The van der Waals surface area contributed by atoms with E-state index in [-0.39, 0.29) is 29.2 Å². The number of nitrogens with one attached hydrogen (secondary N) is 2. The molecule has 1 heterocycles. The van der Waals surface area contributed by atoms with E-state index in [4.69, 9.17) is 5.73 Å². The van der Waals surface area contributed by atoms with E-state index in [0.717, 1.165) is 18.5 Å². The largest absolute Gasteiger partial charge is 0.395 e. The van der Waals surface area contributed by atoms with Crippen molar-refractivity contribution in [1.82, 2.24) is 15.5 Å². The van der Waals surface area contributed by atoms with Crippen molar-refractivity contribution in [3.05, 3.63) is 11.4 Å². The number of aromatic amines is 1. The van der Waals surface area contributed by atoms with Crippen LogP contribution in [0, 0.1) is 5.41 Å². The van der Waals surface area contributed by atoms with Gasteiger partial charge in [-0.05, 0) is 12.8 Å². The summed E-state index contributed by atoms with van der Waals surface area (Å²) in [6.45, 7) is 5.91. The second kappa shape index (κ2) is 4.85. The first kappa shape index (κ1) is 13.9. The van der Waals surface area contributed by atoms with Crippen LogP contribution < -0.4 is 11.1 Å². The molecule has 0 radical (unpaired) electrons. The van der Waals surface area contributed by atoms with Gasteiger partial charge in [-0.3, -0.25) is 9.89 Å². The molecule has 2 rings (SSSR count). The lowest BCUT2D eigenvalue weighted by Crippen LogP contribution is -2.61. The molecule has 1 fully saturated rings. The van der Waals surface area contributed by atoms with E-state index < -0.39 is 0 Å². The third-order valence-electron chi connectivity index (χ3n) is 4.12. The van der Waals surface area contributed by atoms with Gasteiger partial charge in [0.2, 0.25) is 0 Å². The Bertz CT molecular complexity index is 481. The lowest BCUT2D eigenvalue weighted by molar-refractivity contribution is -0.0689. The number of aryl methyl sites for hydroxylation is 1. The Morgan fingerprint density at radius 3 is 2.84 bits per heavy atom. The molecule has 1 aliphatic carbocycles. The first-order valence-electron chi connectivity index (χ1n) is 6.69. The van der Waals surface area contributed by atoms with Gasteiger partial charge < -0.3 is 16.2 Å². The van der Waals surface area contributed by atoms with E-state index in [1.54, 1.807) is 0 Å². The Kier molecular flexibility index (Phi) is 3.54. The molecule has 0 aliphatic heterocycles. The lowest BCUT2D eigenvalue weighted by Gasteiger charge is -2.49. The molecule has 0 aromatic carbocycles. The normalized spacial score (nSPS) is 24.8. The smallest absolute Gasteiger partial charge is 0.274 e. The maximum Gasteiger partial charge on any atom is 0.274 e. The fraction of sp³-hybridized carbons (Fsp3) is 0.692. The van der Waals surface area contributed by atoms with E-state index in [1.807, 2.05) is 20.8 Å². The molecule has 1 saturated carbocycles. The third-order valence-corrected chi connectivity index (χ3v) is 4.12. The maximum absolute atomic E-state index is 12.1. The number of nitrogens with zero attached hydrogens (tertiary/aromatic N) is 1. The predicted molar refractivity (Wildman–Crippen MR) is 72.7 cm³/mol. The Balaban J connectivity index is 2.05. The number of aromatic nitrogens is 2. The molecule has 1 amide bonds. The summed E-state index contributed by atoms with van der Waals surface area (Å²) in [7, 11) is 0. The van der Waals surface area contributed by atoms with Gasteiger partial charge >= 0.3 is 0 Å². The number of nitrogen functional groups attached to an aromatic ring is 1. The molecule has 0 spiro atoms. The van der Waals surface area contributed by atoms with Crippen molar-refractivity contribution in [2.45, 2.75) is 52.2 Å². The molecular weight excluding hydrogens is 244 g/mol. The van der Waals surface area contributed by atoms with Crippen LogP contribution in [0.1, 0.15) is 49.8 Å². The lowest BCUT2D eigenvalue weighted by atomic mass is 9.64. The Labute approximate surface area is 112 Å². The number of amides is 1. The van der Waals surface area contributed by atoms with Crippen LogP contribution in [0.4, 0.5) is 5.69 Å². The van der Waals surface area contributed by atoms with Gasteiger partial charge in [0, 0.05) is 11.5 Å². The van der Waals surface area contributed by atoms with Gasteiger partial charge in [-0.2, -0.15) is 5.10 Å². The van der Waals surface area contributed by atoms with Crippen LogP contribution in [0.25, 0.3) is 0 Å². The van der Waals surface area contributed by atoms with Crippen LogP contribution in [0.5, 0.6) is 0 Å². The number of aliphatic hydroxyl groups is 1. The zero-order chi connectivity index (χ0) is 14.2. The molecule has 0 saturated heterocycles. The van der Waals surface area contributed by atoms with E-state index in [2.05, 4.69) is 15.5 Å². The number of H-pyrrole nitrogens is 1. The molecule has 2 atom stereocenters. The minimum Gasteiger partial charge on any atom is -0.395 e. The number of carbonyl (C=O) groups is 1. The van der Waals surface area contributed by atoms with Crippen LogP contribution in [0.3, 0.4) is 0 Å². The van der Waals surface area contributed by atoms with E-state index >= 15 is 0 Å². The number of anilines is 1. The SMILES string of the molecule is CCCc1[nH]nc(C(=O)NC2CC(O)C2(C)C)c1N. The maximum atomic E-state index is 12.1. The molecule has 2 unspecified atom stereocenters. The Hall–Kier alpha value is -1.56. The van der Waals surface area contributed by atoms with Crippen LogP contribution >= 0.6 is 0 Å². The van der Waals surface area contributed by atoms with Gasteiger partial charge in [0.15, 0.2) is 5.69 Å². The molecule has 1 aliphatic rings. The minimum absolute atomic E-state index is 0.0410. The summed E-state index contributed by atoms with van der Waals surface area (Å²) in [6.07, 6.45) is 1.92. The highest BCUT2D eigenvalue weighted by Crippen LogP contribution is 2.40. The first-order valence-corrected chi connectivity index (χ1v) is 6.69.